The van der Waals surface area contributed by atoms with Crippen molar-refractivity contribution in [3.05, 3.63) is 32.1 Å². The fourth-order valence-electron chi connectivity index (χ4n) is 1.96. The standard InChI is InChI=1S/C9H12N2O2/c1-10-7-5-3-4-6(7)8(12)11(2)9(10)13/h3-5H2,1-2H3. The van der Waals surface area contributed by atoms with E-state index in [2.05, 4.69) is 0 Å². The van der Waals surface area contributed by atoms with Crippen LogP contribution in [0, 0.1) is 0 Å². The van der Waals surface area contributed by atoms with Crippen molar-refractivity contribution >= 4 is 0 Å². The molecule has 0 radical (unpaired) electrons. The maximum atomic E-state index is 11.6. The molecule has 2 rings (SSSR count). The number of rotatable bonds is 0. The Morgan fingerprint density at radius 2 is 1.77 bits per heavy atom. The average molecular weight is 180 g/mol. The predicted octanol–water partition coefficient (Wildman–Crippen LogP) is -0.427. The molecule has 4 nitrogen and oxygen atoms in total. The second-order valence-corrected chi connectivity index (χ2v) is 3.48. The van der Waals surface area contributed by atoms with Gasteiger partial charge in [0.05, 0.1) is 0 Å². The lowest BCUT2D eigenvalue weighted by Crippen LogP contribution is -2.39. The van der Waals surface area contributed by atoms with Crippen LogP contribution in [0.15, 0.2) is 9.59 Å². The number of nitrogens with zero attached hydrogens (tertiary/aromatic N) is 2. The smallest absolute Gasteiger partial charge is 0.300 e. The zero-order valence-corrected chi connectivity index (χ0v) is 7.83. The van der Waals surface area contributed by atoms with Crippen LogP contribution in [0.4, 0.5) is 0 Å². The predicted molar refractivity (Wildman–Crippen MR) is 48.9 cm³/mol. The van der Waals surface area contributed by atoms with Gasteiger partial charge in [0.1, 0.15) is 0 Å². The summed E-state index contributed by atoms with van der Waals surface area (Å²) >= 11 is 0. The summed E-state index contributed by atoms with van der Waals surface area (Å²) in [6.45, 7) is 0. The van der Waals surface area contributed by atoms with Crippen LogP contribution in [-0.2, 0) is 26.9 Å². The fraction of sp³-hybridized carbons (Fsp3) is 0.556. The molecule has 0 saturated heterocycles. The van der Waals surface area contributed by atoms with Crippen molar-refractivity contribution in [3.63, 3.8) is 0 Å². The van der Waals surface area contributed by atoms with E-state index in [0.717, 1.165) is 30.5 Å². The highest BCUT2D eigenvalue weighted by Gasteiger charge is 2.19. The second-order valence-electron chi connectivity index (χ2n) is 3.48. The first-order valence-corrected chi connectivity index (χ1v) is 4.40. The Balaban J connectivity index is 2.93. The van der Waals surface area contributed by atoms with E-state index in [4.69, 9.17) is 0 Å². The van der Waals surface area contributed by atoms with Crippen LogP contribution in [0.2, 0.25) is 0 Å². The molecule has 0 spiro atoms. The van der Waals surface area contributed by atoms with Gasteiger partial charge in [0, 0.05) is 25.4 Å². The molecule has 1 aliphatic rings. The van der Waals surface area contributed by atoms with E-state index in [1.54, 1.807) is 11.6 Å². The summed E-state index contributed by atoms with van der Waals surface area (Å²) in [5.41, 5.74) is 1.42. The molecular weight excluding hydrogens is 168 g/mol. The summed E-state index contributed by atoms with van der Waals surface area (Å²) in [5, 5.41) is 0. The molecule has 0 aromatic carbocycles. The zero-order valence-electron chi connectivity index (χ0n) is 7.83. The molecule has 0 bridgehead atoms. The molecule has 0 fully saturated rings. The van der Waals surface area contributed by atoms with E-state index < -0.39 is 0 Å². The largest absolute Gasteiger partial charge is 0.330 e. The molecule has 4 heteroatoms. The molecule has 1 heterocycles. The number of hydrogen-bond donors (Lipinski definition) is 0. The minimum absolute atomic E-state index is 0.115. The highest BCUT2D eigenvalue weighted by molar-refractivity contribution is 5.22. The summed E-state index contributed by atoms with van der Waals surface area (Å²) in [6, 6.07) is 0. The number of hydrogen-bond acceptors (Lipinski definition) is 2. The Hall–Kier alpha value is -1.32. The molecule has 1 aliphatic carbocycles. The second kappa shape index (κ2) is 2.58. The van der Waals surface area contributed by atoms with Gasteiger partial charge >= 0.3 is 5.69 Å². The molecule has 1 aromatic rings. The van der Waals surface area contributed by atoms with Gasteiger partial charge < -0.3 is 4.57 Å². The van der Waals surface area contributed by atoms with Gasteiger partial charge in [-0.1, -0.05) is 0 Å². The van der Waals surface area contributed by atoms with Crippen molar-refractivity contribution in [2.45, 2.75) is 19.3 Å². The summed E-state index contributed by atoms with van der Waals surface area (Å²) in [5.74, 6) is 0. The monoisotopic (exact) mass is 180 g/mol. The number of fused-ring (bicyclic) bond motifs is 1. The Kier molecular flexibility index (Phi) is 1.65. The maximum absolute atomic E-state index is 11.6. The van der Waals surface area contributed by atoms with Crippen molar-refractivity contribution in [1.82, 2.24) is 9.13 Å². The van der Waals surface area contributed by atoms with E-state index in [9.17, 15) is 9.59 Å². The van der Waals surface area contributed by atoms with Crippen LogP contribution in [-0.4, -0.2) is 9.13 Å². The molecular formula is C9H12N2O2. The van der Waals surface area contributed by atoms with Crippen LogP contribution < -0.4 is 11.2 Å². The first kappa shape index (κ1) is 8.29. The molecule has 13 heavy (non-hydrogen) atoms. The van der Waals surface area contributed by atoms with Gasteiger partial charge in [-0.3, -0.25) is 9.36 Å². The van der Waals surface area contributed by atoms with Crippen molar-refractivity contribution in [2.24, 2.45) is 14.1 Å². The van der Waals surface area contributed by atoms with Crippen LogP contribution in [0.25, 0.3) is 0 Å². The quantitative estimate of drug-likeness (QED) is 0.544. The average Bonchev–Trinajstić information content (AvgIpc) is 2.59. The van der Waals surface area contributed by atoms with E-state index in [0.29, 0.717) is 0 Å². The summed E-state index contributed by atoms with van der Waals surface area (Å²) in [7, 11) is 3.26. The van der Waals surface area contributed by atoms with Crippen LogP contribution in [0.5, 0.6) is 0 Å². The first-order valence-electron chi connectivity index (χ1n) is 4.40. The Morgan fingerprint density at radius 1 is 1.08 bits per heavy atom. The molecule has 0 atom stereocenters. The van der Waals surface area contributed by atoms with Crippen LogP contribution in [0.1, 0.15) is 17.7 Å². The molecule has 0 amide bonds. The zero-order chi connectivity index (χ0) is 9.59. The minimum Gasteiger partial charge on any atom is -0.300 e. The van der Waals surface area contributed by atoms with E-state index in [-0.39, 0.29) is 11.2 Å². The third-order valence-corrected chi connectivity index (χ3v) is 2.73. The normalized spacial score (nSPS) is 14.6. The minimum atomic E-state index is -0.217. The summed E-state index contributed by atoms with van der Waals surface area (Å²) < 4.78 is 2.77. The van der Waals surface area contributed by atoms with Gasteiger partial charge in [-0.2, -0.15) is 0 Å². The van der Waals surface area contributed by atoms with Gasteiger partial charge in [-0.15, -0.1) is 0 Å². The topological polar surface area (TPSA) is 44.0 Å². The Morgan fingerprint density at radius 3 is 2.46 bits per heavy atom. The van der Waals surface area contributed by atoms with Gasteiger partial charge in [0.2, 0.25) is 0 Å². The van der Waals surface area contributed by atoms with Crippen molar-refractivity contribution in [1.29, 1.82) is 0 Å². The molecule has 70 valence electrons. The van der Waals surface area contributed by atoms with Crippen LogP contribution >= 0.6 is 0 Å². The molecule has 0 aliphatic heterocycles. The molecule has 1 aromatic heterocycles. The van der Waals surface area contributed by atoms with Crippen molar-refractivity contribution < 1.29 is 0 Å². The van der Waals surface area contributed by atoms with E-state index in [1.807, 2.05) is 0 Å². The van der Waals surface area contributed by atoms with Crippen LogP contribution in [0.3, 0.4) is 0 Å². The highest BCUT2D eigenvalue weighted by atomic mass is 16.2. The third-order valence-electron chi connectivity index (χ3n) is 2.73. The molecule has 0 saturated carbocycles. The van der Waals surface area contributed by atoms with E-state index >= 15 is 0 Å². The van der Waals surface area contributed by atoms with Gasteiger partial charge in [0.25, 0.3) is 5.56 Å². The maximum Gasteiger partial charge on any atom is 0.330 e. The molecule has 0 unspecified atom stereocenters. The van der Waals surface area contributed by atoms with Crippen molar-refractivity contribution in [3.8, 4) is 0 Å². The lowest BCUT2D eigenvalue weighted by Gasteiger charge is -2.07. The summed E-state index contributed by atoms with van der Waals surface area (Å²) in [6.07, 6.45) is 2.66. The highest BCUT2D eigenvalue weighted by Crippen LogP contribution is 2.15. The molecule has 0 N–H and O–H groups in total. The van der Waals surface area contributed by atoms with E-state index in [1.165, 1.54) is 11.6 Å². The van der Waals surface area contributed by atoms with Gasteiger partial charge in [-0.25, -0.2) is 4.79 Å². The first-order chi connectivity index (χ1) is 6.13. The lowest BCUT2D eigenvalue weighted by molar-refractivity contribution is 0.656. The summed E-state index contributed by atoms with van der Waals surface area (Å²) in [4.78, 5) is 23.1. The lowest BCUT2D eigenvalue weighted by atomic mass is 10.2. The SMILES string of the molecule is Cn1c2c(c(=O)n(C)c1=O)CCC2. The van der Waals surface area contributed by atoms with Gasteiger partial charge in [0.15, 0.2) is 0 Å². The van der Waals surface area contributed by atoms with Crippen molar-refractivity contribution in [2.75, 3.05) is 0 Å². The Bertz CT molecular complexity index is 468. The van der Waals surface area contributed by atoms with Gasteiger partial charge in [-0.05, 0) is 19.3 Å². The third kappa shape index (κ3) is 0.978. The number of aromatic nitrogens is 2. The fourth-order valence-corrected chi connectivity index (χ4v) is 1.96. The Labute approximate surface area is 75.4 Å².